The lowest BCUT2D eigenvalue weighted by molar-refractivity contribution is -0.147. The van der Waals surface area contributed by atoms with E-state index >= 15 is 0 Å². The Morgan fingerprint density at radius 1 is 1.18 bits per heavy atom. The highest BCUT2D eigenvalue weighted by Gasteiger charge is 2.51. The zero-order valence-electron chi connectivity index (χ0n) is 24.0. The number of hydrogen-bond donors (Lipinski definition) is 3. The van der Waals surface area contributed by atoms with Gasteiger partial charge in [0.25, 0.3) is 0 Å². The molecule has 2 rings (SSSR count). The van der Waals surface area contributed by atoms with Crippen LogP contribution in [-0.2, 0) is 45.5 Å². The predicted octanol–water partition coefficient (Wildman–Crippen LogP) is 2.08. The summed E-state index contributed by atoms with van der Waals surface area (Å²) in [6.07, 6.45) is 4.05. The van der Waals surface area contributed by atoms with Crippen LogP contribution in [0.15, 0.2) is 24.3 Å². The summed E-state index contributed by atoms with van der Waals surface area (Å²) in [6.45, 7) is 5.64. The number of rotatable bonds is 19. The minimum atomic E-state index is -3.51. The fraction of sp³-hybridized carbons (Fsp3) is 0.714. The molecule has 1 unspecified atom stereocenters. The highest BCUT2D eigenvalue weighted by molar-refractivity contribution is 7.91. The van der Waals surface area contributed by atoms with Gasteiger partial charge in [-0.15, -0.1) is 0 Å². The summed E-state index contributed by atoms with van der Waals surface area (Å²) in [7, 11) is -0.500. The molecule has 0 bridgehead atoms. The Bertz CT molecular complexity index is 1060. The number of ether oxygens (including phenoxy) is 3. The van der Waals surface area contributed by atoms with Gasteiger partial charge in [-0.3, -0.25) is 15.0 Å². The molecule has 3 N–H and O–H groups in total. The number of nitrogens with one attached hydrogen (secondary N) is 2. The Kier molecular flexibility index (Phi) is 12.4. The van der Waals surface area contributed by atoms with Crippen LogP contribution in [0.5, 0.6) is 0 Å². The summed E-state index contributed by atoms with van der Waals surface area (Å²) in [5.41, 5.74) is 4.39. The number of methoxy groups -OCH3 is 1. The van der Waals surface area contributed by atoms with E-state index in [0.717, 1.165) is 36.8 Å². The molecular formula is C28H46N2O8S. The Morgan fingerprint density at radius 2 is 1.90 bits per heavy atom. The normalized spacial score (nSPS) is 16.4. The van der Waals surface area contributed by atoms with Gasteiger partial charge in [0.15, 0.2) is 9.84 Å². The summed E-state index contributed by atoms with van der Waals surface area (Å²) < 4.78 is 41.7. The smallest absolute Gasteiger partial charge is 0.312 e. The van der Waals surface area contributed by atoms with E-state index in [0.29, 0.717) is 13.0 Å². The molecule has 1 amide bonds. The molecule has 222 valence electrons. The molecule has 1 fully saturated rings. The summed E-state index contributed by atoms with van der Waals surface area (Å²) in [4.78, 5) is 26.0. The van der Waals surface area contributed by atoms with E-state index < -0.39 is 32.9 Å². The second-order valence-electron chi connectivity index (χ2n) is 11.0. The standard InChI is InChI=1S/C28H46N2O8S/c1-6-7-15-37-20-28(24(32)30-29-4,13-16-38-26(2,3)21-39(34,35)17-14-31)23-10-8-9-22(18-23)19-27(11-12-27)25(33)36-5/h8-10,18,29,31H,6-7,11-17,19-21H2,1-5H3,(H,30,32). The van der Waals surface area contributed by atoms with Gasteiger partial charge in [0.1, 0.15) is 5.41 Å². The van der Waals surface area contributed by atoms with E-state index in [1.807, 2.05) is 24.3 Å². The molecule has 1 aliphatic carbocycles. The lowest BCUT2D eigenvalue weighted by Crippen LogP contribution is -2.52. The number of hydrazine groups is 1. The van der Waals surface area contributed by atoms with E-state index in [4.69, 9.17) is 19.3 Å². The molecule has 11 heteroatoms. The summed E-state index contributed by atoms with van der Waals surface area (Å²) in [6, 6.07) is 7.63. The third-order valence-electron chi connectivity index (χ3n) is 7.15. The Balaban J connectivity index is 2.37. The Morgan fingerprint density at radius 3 is 2.49 bits per heavy atom. The number of aliphatic hydroxyl groups is 1. The van der Waals surface area contributed by atoms with Crippen LogP contribution in [0.1, 0.15) is 64.0 Å². The number of esters is 1. The number of carbonyl (C=O) groups excluding carboxylic acids is 2. The maximum atomic E-state index is 13.7. The van der Waals surface area contributed by atoms with Crippen molar-refractivity contribution in [1.82, 2.24) is 10.9 Å². The summed E-state index contributed by atoms with van der Waals surface area (Å²) in [5, 5.41) is 9.07. The number of aliphatic hydroxyl groups excluding tert-OH is 1. The van der Waals surface area contributed by atoms with Crippen molar-refractivity contribution in [2.24, 2.45) is 5.41 Å². The number of unbranched alkanes of at least 4 members (excludes halogenated alkanes) is 1. The van der Waals surface area contributed by atoms with Crippen molar-refractivity contribution in [3.63, 3.8) is 0 Å². The SMILES string of the molecule is CCCCOCC(CCOC(C)(C)CS(=O)(=O)CCO)(C(=O)NNC)c1cccc(CC2(C(=O)OC)CC2)c1. The first-order valence-corrected chi connectivity index (χ1v) is 15.4. The molecule has 1 aromatic carbocycles. The molecule has 1 aliphatic rings. The lowest BCUT2D eigenvalue weighted by atomic mass is 9.76. The van der Waals surface area contributed by atoms with Gasteiger partial charge in [-0.05, 0) is 57.1 Å². The van der Waals surface area contributed by atoms with Crippen molar-refractivity contribution in [3.8, 4) is 0 Å². The van der Waals surface area contributed by atoms with Gasteiger partial charge >= 0.3 is 5.97 Å². The van der Waals surface area contributed by atoms with Crippen LogP contribution in [0.25, 0.3) is 0 Å². The van der Waals surface area contributed by atoms with E-state index in [-0.39, 0.29) is 43.0 Å². The van der Waals surface area contributed by atoms with Crippen molar-refractivity contribution in [2.75, 3.05) is 52.1 Å². The first-order chi connectivity index (χ1) is 18.4. The van der Waals surface area contributed by atoms with Gasteiger partial charge in [-0.1, -0.05) is 37.6 Å². The van der Waals surface area contributed by atoms with Crippen LogP contribution >= 0.6 is 0 Å². The van der Waals surface area contributed by atoms with E-state index in [1.54, 1.807) is 20.9 Å². The van der Waals surface area contributed by atoms with Crippen LogP contribution in [-0.4, -0.2) is 83.1 Å². The Labute approximate surface area is 233 Å². The van der Waals surface area contributed by atoms with Gasteiger partial charge in [0.2, 0.25) is 5.91 Å². The van der Waals surface area contributed by atoms with Crippen LogP contribution in [0.3, 0.4) is 0 Å². The fourth-order valence-electron chi connectivity index (χ4n) is 4.81. The van der Waals surface area contributed by atoms with Crippen LogP contribution in [0.4, 0.5) is 0 Å². The molecule has 1 atom stereocenters. The third kappa shape index (κ3) is 9.53. The van der Waals surface area contributed by atoms with E-state index in [9.17, 15) is 18.0 Å². The molecule has 39 heavy (non-hydrogen) atoms. The average Bonchev–Trinajstić information content (AvgIpc) is 3.65. The molecule has 1 aromatic rings. The minimum absolute atomic E-state index is 0.0895. The summed E-state index contributed by atoms with van der Waals surface area (Å²) >= 11 is 0. The van der Waals surface area contributed by atoms with E-state index in [2.05, 4.69) is 17.8 Å². The number of sulfone groups is 1. The largest absolute Gasteiger partial charge is 0.469 e. The van der Waals surface area contributed by atoms with Gasteiger partial charge in [-0.2, -0.15) is 0 Å². The maximum Gasteiger partial charge on any atom is 0.312 e. The third-order valence-corrected chi connectivity index (χ3v) is 9.09. The van der Waals surface area contributed by atoms with Crippen molar-refractivity contribution in [2.45, 2.75) is 70.3 Å². The zero-order chi connectivity index (χ0) is 29.2. The molecule has 0 aliphatic heterocycles. The zero-order valence-corrected chi connectivity index (χ0v) is 24.8. The topological polar surface area (TPSA) is 140 Å². The molecular weight excluding hydrogens is 524 g/mol. The quantitative estimate of drug-likeness (QED) is 0.130. The fourth-order valence-corrected chi connectivity index (χ4v) is 6.38. The van der Waals surface area contributed by atoms with Crippen LogP contribution in [0.2, 0.25) is 0 Å². The van der Waals surface area contributed by atoms with Crippen LogP contribution in [0, 0.1) is 5.41 Å². The highest BCUT2D eigenvalue weighted by atomic mass is 32.2. The second-order valence-corrected chi connectivity index (χ2v) is 13.2. The van der Waals surface area contributed by atoms with Gasteiger partial charge < -0.3 is 19.3 Å². The molecule has 10 nitrogen and oxygen atoms in total. The molecule has 0 spiro atoms. The first-order valence-electron chi connectivity index (χ1n) is 13.6. The monoisotopic (exact) mass is 570 g/mol. The summed E-state index contributed by atoms with van der Waals surface area (Å²) in [5.74, 6) is -1.11. The van der Waals surface area contributed by atoms with Gasteiger partial charge in [0.05, 0.1) is 42.8 Å². The minimum Gasteiger partial charge on any atom is -0.469 e. The predicted molar refractivity (Wildman–Crippen MR) is 149 cm³/mol. The highest BCUT2D eigenvalue weighted by Crippen LogP contribution is 2.49. The molecule has 0 radical (unpaired) electrons. The first kappa shape index (κ1) is 33.2. The lowest BCUT2D eigenvalue weighted by Gasteiger charge is -2.35. The van der Waals surface area contributed by atoms with Crippen molar-refractivity contribution in [3.05, 3.63) is 35.4 Å². The van der Waals surface area contributed by atoms with Crippen molar-refractivity contribution < 1.29 is 37.3 Å². The van der Waals surface area contributed by atoms with Crippen LogP contribution < -0.4 is 10.9 Å². The molecule has 1 saturated carbocycles. The van der Waals surface area contributed by atoms with Gasteiger partial charge in [-0.25, -0.2) is 13.8 Å². The van der Waals surface area contributed by atoms with Gasteiger partial charge in [0, 0.05) is 20.3 Å². The molecule has 0 saturated heterocycles. The molecule has 0 heterocycles. The second kappa shape index (κ2) is 14.5. The maximum absolute atomic E-state index is 13.7. The number of benzene rings is 1. The van der Waals surface area contributed by atoms with Crippen molar-refractivity contribution in [1.29, 1.82) is 0 Å². The van der Waals surface area contributed by atoms with E-state index in [1.165, 1.54) is 7.11 Å². The number of carbonyl (C=O) groups is 2. The molecule has 0 aromatic heterocycles. The number of amides is 1. The number of hydrogen-bond acceptors (Lipinski definition) is 9. The van der Waals surface area contributed by atoms with Crippen molar-refractivity contribution >= 4 is 21.7 Å². The Hall–Kier alpha value is -2.05. The average molecular weight is 571 g/mol.